The molecule has 0 fully saturated rings. The van der Waals surface area contributed by atoms with Crippen LogP contribution in [0.3, 0.4) is 0 Å². The topological polar surface area (TPSA) is 12.0 Å². The van der Waals surface area contributed by atoms with E-state index in [0.29, 0.717) is 10.6 Å². The molecule has 0 aliphatic heterocycles. The van der Waals surface area contributed by atoms with Crippen molar-refractivity contribution in [2.45, 2.75) is 19.5 Å². The summed E-state index contributed by atoms with van der Waals surface area (Å²) in [4.78, 5) is 0. The molecule has 0 amide bonds. The van der Waals surface area contributed by atoms with Crippen LogP contribution in [-0.2, 0) is 6.54 Å². The zero-order valence-corrected chi connectivity index (χ0v) is 11.2. The lowest BCUT2D eigenvalue weighted by Crippen LogP contribution is -2.19. The summed E-state index contributed by atoms with van der Waals surface area (Å²) in [5.41, 5.74) is 1.24. The van der Waals surface area contributed by atoms with Crippen molar-refractivity contribution >= 4 is 11.6 Å². The summed E-state index contributed by atoms with van der Waals surface area (Å²) in [6.45, 7) is 2.17. The number of halogens is 3. The van der Waals surface area contributed by atoms with Crippen molar-refractivity contribution < 1.29 is 8.78 Å². The summed E-state index contributed by atoms with van der Waals surface area (Å²) in [5, 5.41) is 3.79. The Labute approximate surface area is 116 Å². The zero-order valence-electron chi connectivity index (χ0n) is 10.5. The molecular weight excluding hydrogens is 268 g/mol. The third-order valence-corrected chi connectivity index (χ3v) is 3.35. The second-order valence-electron chi connectivity index (χ2n) is 4.34. The van der Waals surface area contributed by atoms with Gasteiger partial charge in [0.05, 0.1) is 0 Å². The smallest absolute Gasteiger partial charge is 0.163 e. The Morgan fingerprint density at radius 1 is 1.11 bits per heavy atom. The van der Waals surface area contributed by atoms with Crippen LogP contribution >= 0.6 is 11.6 Å². The molecule has 0 aliphatic rings. The van der Waals surface area contributed by atoms with Crippen molar-refractivity contribution in [2.24, 2.45) is 0 Å². The fourth-order valence-corrected chi connectivity index (χ4v) is 2.18. The van der Waals surface area contributed by atoms with Gasteiger partial charge in [0, 0.05) is 23.2 Å². The van der Waals surface area contributed by atoms with E-state index < -0.39 is 11.6 Å². The predicted molar refractivity (Wildman–Crippen MR) is 73.1 cm³/mol. The molecule has 0 radical (unpaired) electrons. The van der Waals surface area contributed by atoms with Crippen LogP contribution < -0.4 is 5.32 Å². The van der Waals surface area contributed by atoms with Crippen LogP contribution in [0.4, 0.5) is 8.78 Å². The Hall–Kier alpha value is -1.45. The van der Waals surface area contributed by atoms with Crippen LogP contribution in [0.25, 0.3) is 0 Å². The van der Waals surface area contributed by atoms with E-state index in [-0.39, 0.29) is 12.6 Å². The normalized spacial score (nSPS) is 12.4. The second kappa shape index (κ2) is 6.13. The molecule has 0 saturated carbocycles. The first-order valence-corrected chi connectivity index (χ1v) is 6.38. The van der Waals surface area contributed by atoms with Gasteiger partial charge in [0.1, 0.15) is 0 Å². The lowest BCUT2D eigenvalue weighted by Gasteiger charge is -2.16. The third kappa shape index (κ3) is 3.31. The van der Waals surface area contributed by atoms with Gasteiger partial charge in [-0.25, -0.2) is 8.78 Å². The fraction of sp³-hybridized carbons (Fsp3) is 0.200. The summed E-state index contributed by atoms with van der Waals surface area (Å²) >= 11 is 6.08. The zero-order chi connectivity index (χ0) is 13.8. The number of nitrogens with one attached hydrogen (secondary N) is 1. The Bertz CT molecular complexity index is 572. The molecule has 2 aromatic carbocycles. The highest BCUT2D eigenvalue weighted by atomic mass is 35.5. The van der Waals surface area contributed by atoms with Gasteiger partial charge in [-0.1, -0.05) is 41.9 Å². The molecule has 19 heavy (non-hydrogen) atoms. The Morgan fingerprint density at radius 2 is 1.84 bits per heavy atom. The summed E-state index contributed by atoms with van der Waals surface area (Å²) in [6, 6.07) is 11.6. The van der Waals surface area contributed by atoms with Gasteiger partial charge >= 0.3 is 0 Å². The van der Waals surface area contributed by atoms with Crippen molar-refractivity contribution in [3.8, 4) is 0 Å². The number of hydrogen-bond donors (Lipinski definition) is 1. The van der Waals surface area contributed by atoms with Crippen molar-refractivity contribution in [1.29, 1.82) is 0 Å². The molecular formula is C15H14ClF2N. The van der Waals surface area contributed by atoms with E-state index in [1.807, 2.05) is 25.1 Å². The van der Waals surface area contributed by atoms with Gasteiger partial charge in [-0.2, -0.15) is 0 Å². The molecule has 2 aromatic rings. The molecule has 0 bridgehead atoms. The fourth-order valence-electron chi connectivity index (χ4n) is 1.88. The molecule has 0 aliphatic carbocycles. The molecule has 100 valence electrons. The largest absolute Gasteiger partial charge is 0.306 e. The van der Waals surface area contributed by atoms with Crippen LogP contribution in [-0.4, -0.2) is 0 Å². The average Bonchev–Trinajstić information content (AvgIpc) is 2.40. The van der Waals surface area contributed by atoms with Crippen LogP contribution in [0, 0.1) is 11.6 Å². The average molecular weight is 282 g/mol. The van der Waals surface area contributed by atoms with Gasteiger partial charge in [-0.15, -0.1) is 0 Å². The number of benzene rings is 2. The van der Waals surface area contributed by atoms with E-state index in [0.717, 1.165) is 11.6 Å². The van der Waals surface area contributed by atoms with Gasteiger partial charge in [0.15, 0.2) is 11.6 Å². The van der Waals surface area contributed by atoms with E-state index in [2.05, 4.69) is 5.32 Å². The van der Waals surface area contributed by atoms with E-state index in [9.17, 15) is 8.78 Å². The van der Waals surface area contributed by atoms with Crippen molar-refractivity contribution in [3.05, 3.63) is 70.2 Å². The Morgan fingerprint density at radius 3 is 2.58 bits per heavy atom. The maximum Gasteiger partial charge on any atom is 0.163 e. The van der Waals surface area contributed by atoms with Gasteiger partial charge in [0.2, 0.25) is 0 Å². The van der Waals surface area contributed by atoms with Crippen LogP contribution in [0.5, 0.6) is 0 Å². The van der Waals surface area contributed by atoms with Crippen molar-refractivity contribution in [3.63, 3.8) is 0 Å². The maximum absolute atomic E-state index is 13.5. The molecule has 1 atom stereocenters. The lowest BCUT2D eigenvalue weighted by molar-refractivity contribution is 0.484. The highest BCUT2D eigenvalue weighted by Crippen LogP contribution is 2.22. The molecule has 0 saturated heterocycles. The minimum absolute atomic E-state index is 0.0450. The van der Waals surface area contributed by atoms with Crippen molar-refractivity contribution in [1.82, 2.24) is 5.32 Å². The van der Waals surface area contributed by atoms with Gasteiger partial charge < -0.3 is 5.32 Å². The molecule has 4 heteroatoms. The molecule has 0 spiro atoms. The monoisotopic (exact) mass is 281 g/mol. The second-order valence-corrected chi connectivity index (χ2v) is 4.74. The maximum atomic E-state index is 13.5. The third-order valence-electron chi connectivity index (χ3n) is 3.00. The quantitative estimate of drug-likeness (QED) is 0.872. The van der Waals surface area contributed by atoms with Crippen LogP contribution in [0.2, 0.25) is 5.02 Å². The van der Waals surface area contributed by atoms with Crippen LogP contribution in [0.1, 0.15) is 24.1 Å². The van der Waals surface area contributed by atoms with Crippen molar-refractivity contribution in [2.75, 3.05) is 0 Å². The summed E-state index contributed by atoms with van der Waals surface area (Å²) in [5.74, 6) is -1.63. The van der Waals surface area contributed by atoms with Gasteiger partial charge in [-0.05, 0) is 24.6 Å². The SMILES string of the molecule is C[C@@H](NCc1cccc(F)c1F)c1ccccc1Cl. The van der Waals surface area contributed by atoms with Crippen LogP contribution in [0.15, 0.2) is 42.5 Å². The van der Waals surface area contributed by atoms with E-state index >= 15 is 0 Å². The summed E-state index contributed by atoms with van der Waals surface area (Å²) < 4.78 is 26.6. The number of hydrogen-bond acceptors (Lipinski definition) is 1. The Balaban J connectivity index is 2.07. The first-order valence-electron chi connectivity index (χ1n) is 6.00. The first-order chi connectivity index (χ1) is 9.09. The van der Waals surface area contributed by atoms with Gasteiger partial charge in [-0.3, -0.25) is 0 Å². The molecule has 2 rings (SSSR count). The van der Waals surface area contributed by atoms with Gasteiger partial charge in [0.25, 0.3) is 0 Å². The molecule has 0 aromatic heterocycles. The predicted octanol–water partition coefficient (Wildman–Crippen LogP) is 4.47. The van der Waals surface area contributed by atoms with E-state index in [4.69, 9.17) is 11.6 Å². The summed E-state index contributed by atoms with van der Waals surface area (Å²) in [7, 11) is 0. The molecule has 1 nitrogen and oxygen atoms in total. The molecule has 0 unspecified atom stereocenters. The Kier molecular flexibility index (Phi) is 4.51. The van der Waals surface area contributed by atoms with E-state index in [1.165, 1.54) is 6.07 Å². The lowest BCUT2D eigenvalue weighted by atomic mass is 10.1. The molecule has 0 heterocycles. The highest BCUT2D eigenvalue weighted by molar-refractivity contribution is 6.31. The highest BCUT2D eigenvalue weighted by Gasteiger charge is 2.11. The minimum atomic E-state index is -0.829. The number of rotatable bonds is 4. The standard InChI is InChI=1S/C15H14ClF2N/c1-10(12-6-2-3-7-13(12)16)19-9-11-5-4-8-14(17)15(11)18/h2-8,10,19H,9H2,1H3/t10-/m1/s1. The van der Waals surface area contributed by atoms with E-state index in [1.54, 1.807) is 12.1 Å². The molecule has 1 N–H and O–H groups in total. The minimum Gasteiger partial charge on any atom is -0.306 e. The first kappa shape index (κ1) is 14.0. The summed E-state index contributed by atoms with van der Waals surface area (Å²) in [6.07, 6.45) is 0.